The number of anilines is 1. The molecule has 2 fully saturated rings. The van der Waals surface area contributed by atoms with Crippen molar-refractivity contribution in [3.05, 3.63) is 24.1 Å². The van der Waals surface area contributed by atoms with E-state index in [0.717, 1.165) is 25.6 Å². The molecule has 1 aromatic rings. The lowest BCUT2D eigenvalue weighted by molar-refractivity contribution is -0.222. The molecule has 6 heteroatoms. The number of ether oxygens (including phenoxy) is 1. The lowest BCUT2D eigenvalue weighted by Crippen LogP contribution is -2.81. The molecule has 3 rings (SSSR count). The first-order valence-electron chi connectivity index (χ1n) is 7.21. The van der Waals surface area contributed by atoms with Gasteiger partial charge in [-0.2, -0.15) is 0 Å². The molecule has 2 heterocycles. The van der Waals surface area contributed by atoms with Crippen molar-refractivity contribution in [3.8, 4) is 0 Å². The third-order valence-electron chi connectivity index (χ3n) is 5.03. The van der Waals surface area contributed by atoms with Gasteiger partial charge in [-0.25, -0.2) is 9.37 Å². The van der Waals surface area contributed by atoms with Crippen LogP contribution in [-0.4, -0.2) is 29.1 Å². The molecule has 1 saturated heterocycles. The van der Waals surface area contributed by atoms with Crippen molar-refractivity contribution < 1.29 is 13.9 Å². The van der Waals surface area contributed by atoms with Crippen molar-refractivity contribution in [2.24, 2.45) is 17.1 Å². The van der Waals surface area contributed by atoms with E-state index in [1.54, 1.807) is 0 Å². The smallest absolute Gasteiger partial charge is 0.246 e. The summed E-state index contributed by atoms with van der Waals surface area (Å²) in [6, 6.07) is 2.68. The first kappa shape index (κ1) is 14.4. The first-order valence-corrected chi connectivity index (χ1v) is 7.21. The lowest BCUT2D eigenvalue weighted by Gasteiger charge is -2.65. The molecular weight excluding hydrogens is 273 g/mol. The Balaban J connectivity index is 1.81. The maximum Gasteiger partial charge on any atom is 0.246 e. The van der Waals surface area contributed by atoms with E-state index in [9.17, 15) is 9.18 Å². The highest BCUT2D eigenvalue weighted by Gasteiger charge is 2.70. The van der Waals surface area contributed by atoms with E-state index in [4.69, 9.17) is 10.5 Å². The van der Waals surface area contributed by atoms with Gasteiger partial charge in [-0.3, -0.25) is 4.79 Å². The Morgan fingerprint density at radius 3 is 2.95 bits per heavy atom. The highest BCUT2D eigenvalue weighted by Crippen LogP contribution is 2.57. The zero-order chi connectivity index (χ0) is 15.3. The summed E-state index contributed by atoms with van der Waals surface area (Å²) < 4.78 is 18.6. The minimum Gasteiger partial charge on any atom is -0.377 e. The van der Waals surface area contributed by atoms with Gasteiger partial charge in [-0.05, 0) is 25.0 Å². The van der Waals surface area contributed by atoms with Crippen molar-refractivity contribution in [3.63, 3.8) is 0 Å². The number of aromatic nitrogens is 1. The Morgan fingerprint density at radius 2 is 2.29 bits per heavy atom. The SMILES string of the molecule is CC1(C)C2OCCCC2C1(N)C(=O)Nc1ccc(F)cn1. The summed E-state index contributed by atoms with van der Waals surface area (Å²) in [5, 5.41) is 2.70. The van der Waals surface area contributed by atoms with Crippen molar-refractivity contribution >= 4 is 11.7 Å². The topological polar surface area (TPSA) is 77.2 Å². The average molecular weight is 293 g/mol. The molecule has 0 aromatic carbocycles. The van der Waals surface area contributed by atoms with Crippen LogP contribution < -0.4 is 11.1 Å². The van der Waals surface area contributed by atoms with E-state index in [1.807, 2.05) is 13.8 Å². The van der Waals surface area contributed by atoms with Crippen molar-refractivity contribution in [2.45, 2.75) is 38.3 Å². The van der Waals surface area contributed by atoms with E-state index in [1.165, 1.54) is 12.1 Å². The summed E-state index contributed by atoms with van der Waals surface area (Å²) in [7, 11) is 0. The number of hydrogen-bond acceptors (Lipinski definition) is 4. The lowest BCUT2D eigenvalue weighted by atomic mass is 9.46. The molecule has 3 atom stereocenters. The normalized spacial score (nSPS) is 33.7. The Bertz CT molecular complexity index is 561. The molecule has 3 N–H and O–H groups in total. The van der Waals surface area contributed by atoms with Gasteiger partial charge in [0, 0.05) is 17.9 Å². The van der Waals surface area contributed by atoms with Gasteiger partial charge in [0.25, 0.3) is 0 Å². The molecule has 1 saturated carbocycles. The Labute approximate surface area is 123 Å². The molecule has 1 aliphatic heterocycles. The van der Waals surface area contributed by atoms with Crippen LogP contribution in [0.1, 0.15) is 26.7 Å². The van der Waals surface area contributed by atoms with E-state index in [-0.39, 0.29) is 17.9 Å². The van der Waals surface area contributed by atoms with E-state index in [2.05, 4.69) is 10.3 Å². The minimum absolute atomic E-state index is 0.0155. The fraction of sp³-hybridized carbons (Fsp3) is 0.600. The number of nitrogens with one attached hydrogen (secondary N) is 1. The van der Waals surface area contributed by atoms with Gasteiger partial charge in [0.1, 0.15) is 17.2 Å². The summed E-state index contributed by atoms with van der Waals surface area (Å²) in [6.07, 6.45) is 2.88. The van der Waals surface area contributed by atoms with Crippen molar-refractivity contribution in [1.82, 2.24) is 4.98 Å². The maximum atomic E-state index is 12.9. The van der Waals surface area contributed by atoms with Crippen molar-refractivity contribution in [1.29, 1.82) is 0 Å². The monoisotopic (exact) mass is 293 g/mol. The number of nitrogens with two attached hydrogens (primary N) is 1. The minimum atomic E-state index is -0.992. The van der Waals surface area contributed by atoms with Gasteiger partial charge < -0.3 is 15.8 Å². The summed E-state index contributed by atoms with van der Waals surface area (Å²) >= 11 is 0. The van der Waals surface area contributed by atoms with Crippen LogP contribution in [0.5, 0.6) is 0 Å². The Kier molecular flexibility index (Phi) is 3.26. The molecule has 1 amide bonds. The molecule has 0 bridgehead atoms. The summed E-state index contributed by atoms with van der Waals surface area (Å²) in [5.41, 5.74) is 5.03. The number of carbonyl (C=O) groups is 1. The number of fused-ring (bicyclic) bond motifs is 1. The molecule has 1 aromatic heterocycles. The third-order valence-corrected chi connectivity index (χ3v) is 5.03. The highest BCUT2D eigenvalue weighted by atomic mass is 19.1. The predicted octanol–water partition coefficient (Wildman–Crippen LogP) is 1.69. The van der Waals surface area contributed by atoms with Gasteiger partial charge in [0.2, 0.25) is 5.91 Å². The Hall–Kier alpha value is -1.53. The van der Waals surface area contributed by atoms with Gasteiger partial charge in [-0.15, -0.1) is 0 Å². The molecule has 3 unspecified atom stereocenters. The van der Waals surface area contributed by atoms with E-state index < -0.39 is 16.8 Å². The molecule has 114 valence electrons. The summed E-state index contributed by atoms with van der Waals surface area (Å²) in [5.74, 6) is -0.401. The summed E-state index contributed by atoms with van der Waals surface area (Å²) in [6.45, 7) is 4.64. The van der Waals surface area contributed by atoms with E-state index >= 15 is 0 Å². The van der Waals surface area contributed by atoms with Crippen LogP contribution in [0, 0.1) is 17.2 Å². The van der Waals surface area contributed by atoms with Crippen LogP contribution in [-0.2, 0) is 9.53 Å². The number of amides is 1. The van der Waals surface area contributed by atoms with Crippen LogP contribution >= 0.6 is 0 Å². The molecular formula is C15H20FN3O2. The second-order valence-electron chi connectivity index (χ2n) is 6.45. The average Bonchev–Trinajstić information content (AvgIpc) is 2.48. The molecule has 1 aliphatic carbocycles. The fourth-order valence-corrected chi connectivity index (χ4v) is 3.71. The number of carbonyl (C=O) groups excluding carboxylic acids is 1. The number of hydrogen-bond donors (Lipinski definition) is 2. The molecule has 0 radical (unpaired) electrons. The second kappa shape index (κ2) is 4.74. The Morgan fingerprint density at radius 1 is 1.52 bits per heavy atom. The number of nitrogens with zero attached hydrogens (tertiary/aromatic N) is 1. The standard InChI is InChI=1S/C15H20FN3O2/c1-14(2)12-10(4-3-7-21-12)15(14,17)13(20)19-11-6-5-9(16)8-18-11/h5-6,8,10,12H,3-4,7,17H2,1-2H3,(H,18,19,20). The van der Waals surface area contributed by atoms with Crippen LogP contribution in [0.15, 0.2) is 18.3 Å². The van der Waals surface area contributed by atoms with Crippen molar-refractivity contribution in [2.75, 3.05) is 11.9 Å². The molecule has 0 spiro atoms. The molecule has 2 aliphatic rings. The van der Waals surface area contributed by atoms with Crippen LogP contribution in [0.3, 0.4) is 0 Å². The van der Waals surface area contributed by atoms with Crippen LogP contribution in [0.25, 0.3) is 0 Å². The first-order chi connectivity index (χ1) is 9.87. The quantitative estimate of drug-likeness (QED) is 0.870. The van der Waals surface area contributed by atoms with Gasteiger partial charge >= 0.3 is 0 Å². The zero-order valence-electron chi connectivity index (χ0n) is 12.2. The largest absolute Gasteiger partial charge is 0.377 e. The number of halogens is 1. The van der Waals surface area contributed by atoms with E-state index in [0.29, 0.717) is 5.82 Å². The van der Waals surface area contributed by atoms with Gasteiger partial charge in [0.05, 0.1) is 12.3 Å². The molecule has 21 heavy (non-hydrogen) atoms. The second-order valence-corrected chi connectivity index (χ2v) is 6.45. The summed E-state index contributed by atoms with van der Waals surface area (Å²) in [4.78, 5) is 16.5. The number of pyridine rings is 1. The molecule has 5 nitrogen and oxygen atoms in total. The van der Waals surface area contributed by atoms with Gasteiger partial charge in [-0.1, -0.05) is 13.8 Å². The predicted molar refractivity (Wildman–Crippen MR) is 76.0 cm³/mol. The number of rotatable bonds is 2. The van der Waals surface area contributed by atoms with Gasteiger partial charge in [0.15, 0.2) is 0 Å². The third kappa shape index (κ3) is 1.97. The zero-order valence-corrected chi connectivity index (χ0v) is 12.2. The van der Waals surface area contributed by atoms with Crippen LogP contribution in [0.2, 0.25) is 0 Å². The van der Waals surface area contributed by atoms with Crippen LogP contribution in [0.4, 0.5) is 10.2 Å². The maximum absolute atomic E-state index is 12.9. The highest BCUT2D eigenvalue weighted by molar-refractivity contribution is 5.99. The fourth-order valence-electron chi connectivity index (χ4n) is 3.71.